The molecular weight excluding hydrogens is 334 g/mol. The molecule has 0 bridgehead atoms. The minimum Gasteiger partial charge on any atom is -0.478 e. The van der Waals surface area contributed by atoms with Gasteiger partial charge in [0.2, 0.25) is 0 Å². The Kier molecular flexibility index (Phi) is 4.10. The summed E-state index contributed by atoms with van der Waals surface area (Å²) < 4.78 is 0. The SMILES string of the molecule is O=C(O)c1ccccc1C1CCN(c2c(Cl)ccc3ccccc23)C1. The number of nitrogens with zero attached hydrogens (tertiary/aromatic N) is 1. The van der Waals surface area contributed by atoms with Crippen LogP contribution in [0.25, 0.3) is 10.8 Å². The lowest BCUT2D eigenvalue weighted by Gasteiger charge is -2.22. The minimum atomic E-state index is -0.864. The quantitative estimate of drug-likeness (QED) is 0.706. The molecule has 4 heteroatoms. The summed E-state index contributed by atoms with van der Waals surface area (Å²) in [6.07, 6.45) is 0.920. The molecule has 1 aliphatic rings. The van der Waals surface area contributed by atoms with Crippen LogP contribution >= 0.6 is 11.6 Å². The van der Waals surface area contributed by atoms with Crippen LogP contribution in [0.4, 0.5) is 5.69 Å². The molecule has 1 heterocycles. The first-order valence-corrected chi connectivity index (χ1v) is 8.77. The van der Waals surface area contributed by atoms with Crippen LogP contribution in [0, 0.1) is 0 Å². The van der Waals surface area contributed by atoms with E-state index in [1.165, 1.54) is 0 Å². The summed E-state index contributed by atoms with van der Waals surface area (Å²) >= 11 is 6.52. The van der Waals surface area contributed by atoms with Crippen molar-refractivity contribution in [1.29, 1.82) is 0 Å². The van der Waals surface area contributed by atoms with Crippen LogP contribution in [-0.4, -0.2) is 24.2 Å². The molecule has 0 radical (unpaired) electrons. The molecule has 0 aliphatic carbocycles. The zero-order valence-corrected chi connectivity index (χ0v) is 14.4. The van der Waals surface area contributed by atoms with Crippen molar-refractivity contribution in [3.05, 3.63) is 76.8 Å². The summed E-state index contributed by atoms with van der Waals surface area (Å²) in [5, 5.41) is 12.5. The topological polar surface area (TPSA) is 40.5 Å². The summed E-state index contributed by atoms with van der Waals surface area (Å²) in [4.78, 5) is 13.8. The highest BCUT2D eigenvalue weighted by Gasteiger charge is 2.28. The van der Waals surface area contributed by atoms with Crippen LogP contribution < -0.4 is 4.90 Å². The maximum absolute atomic E-state index is 11.5. The molecule has 1 atom stereocenters. The van der Waals surface area contributed by atoms with Gasteiger partial charge in [-0.2, -0.15) is 0 Å². The van der Waals surface area contributed by atoms with Crippen molar-refractivity contribution in [3.63, 3.8) is 0 Å². The molecule has 1 unspecified atom stereocenters. The number of carboxylic acid groups (broad SMARTS) is 1. The molecule has 3 nitrogen and oxygen atoms in total. The first-order valence-electron chi connectivity index (χ1n) is 8.39. The third-order valence-electron chi connectivity index (χ3n) is 4.99. The Bertz CT molecular complexity index is 954. The van der Waals surface area contributed by atoms with Crippen molar-refractivity contribution in [1.82, 2.24) is 0 Å². The van der Waals surface area contributed by atoms with Crippen molar-refractivity contribution in [3.8, 4) is 0 Å². The molecule has 25 heavy (non-hydrogen) atoms. The second-order valence-electron chi connectivity index (χ2n) is 6.44. The smallest absolute Gasteiger partial charge is 0.335 e. The van der Waals surface area contributed by atoms with E-state index in [1.807, 2.05) is 36.4 Å². The van der Waals surface area contributed by atoms with E-state index in [2.05, 4.69) is 17.0 Å². The largest absolute Gasteiger partial charge is 0.478 e. The number of hydrogen-bond donors (Lipinski definition) is 1. The summed E-state index contributed by atoms with van der Waals surface area (Å²) in [5.41, 5.74) is 2.36. The number of benzene rings is 3. The van der Waals surface area contributed by atoms with E-state index in [9.17, 15) is 9.90 Å². The van der Waals surface area contributed by atoms with Gasteiger partial charge in [-0.15, -0.1) is 0 Å². The van der Waals surface area contributed by atoms with E-state index < -0.39 is 5.97 Å². The van der Waals surface area contributed by atoms with Crippen LogP contribution in [0.1, 0.15) is 28.3 Å². The molecule has 0 saturated carbocycles. The lowest BCUT2D eigenvalue weighted by atomic mass is 9.93. The van der Waals surface area contributed by atoms with Gasteiger partial charge >= 0.3 is 5.97 Å². The van der Waals surface area contributed by atoms with Gasteiger partial charge < -0.3 is 10.0 Å². The average molecular weight is 352 g/mol. The van der Waals surface area contributed by atoms with Gasteiger partial charge in [0, 0.05) is 24.4 Å². The summed E-state index contributed by atoms with van der Waals surface area (Å²) in [7, 11) is 0. The molecule has 3 aromatic carbocycles. The van der Waals surface area contributed by atoms with E-state index in [0.29, 0.717) is 5.56 Å². The Labute approximate surface area is 151 Å². The Morgan fingerprint density at radius 2 is 1.80 bits per heavy atom. The molecule has 0 amide bonds. The van der Waals surface area contributed by atoms with E-state index >= 15 is 0 Å². The first kappa shape index (κ1) is 16.0. The summed E-state index contributed by atoms with van der Waals surface area (Å²) in [6.45, 7) is 1.64. The Hall–Kier alpha value is -2.52. The van der Waals surface area contributed by atoms with Crippen molar-refractivity contribution >= 4 is 34.0 Å². The third-order valence-corrected chi connectivity index (χ3v) is 5.29. The van der Waals surface area contributed by atoms with Gasteiger partial charge in [0.15, 0.2) is 0 Å². The first-order chi connectivity index (χ1) is 12.1. The molecule has 0 spiro atoms. The Balaban J connectivity index is 1.71. The van der Waals surface area contributed by atoms with E-state index in [4.69, 9.17) is 11.6 Å². The normalized spacial score (nSPS) is 17.2. The summed E-state index contributed by atoms with van der Waals surface area (Å²) in [6, 6.07) is 19.5. The molecule has 1 saturated heterocycles. The Morgan fingerprint density at radius 1 is 1.04 bits per heavy atom. The van der Waals surface area contributed by atoms with Gasteiger partial charge in [0.05, 0.1) is 16.3 Å². The fourth-order valence-electron chi connectivity index (χ4n) is 3.81. The highest BCUT2D eigenvalue weighted by molar-refractivity contribution is 6.35. The highest BCUT2D eigenvalue weighted by atomic mass is 35.5. The molecule has 4 rings (SSSR count). The maximum atomic E-state index is 11.5. The monoisotopic (exact) mass is 351 g/mol. The maximum Gasteiger partial charge on any atom is 0.335 e. The highest BCUT2D eigenvalue weighted by Crippen LogP contribution is 2.39. The van der Waals surface area contributed by atoms with E-state index in [-0.39, 0.29) is 5.92 Å². The number of hydrogen-bond acceptors (Lipinski definition) is 2. The predicted octanol–water partition coefficient (Wildman–Crippen LogP) is 5.19. The molecule has 1 fully saturated rings. The fourth-order valence-corrected chi connectivity index (χ4v) is 4.10. The van der Waals surface area contributed by atoms with Gasteiger partial charge in [-0.1, -0.05) is 60.1 Å². The number of aromatic carboxylic acids is 1. The summed E-state index contributed by atoms with van der Waals surface area (Å²) in [5.74, 6) is -0.667. The van der Waals surface area contributed by atoms with Crippen LogP contribution in [0.5, 0.6) is 0 Å². The van der Waals surface area contributed by atoms with Crippen LogP contribution in [0.15, 0.2) is 60.7 Å². The standard InChI is InChI=1S/C21H18ClNO2/c22-19-10-9-14-5-1-2-7-17(14)20(19)23-12-11-15(13-23)16-6-3-4-8-18(16)21(24)25/h1-10,15H,11-13H2,(H,24,25). The lowest BCUT2D eigenvalue weighted by molar-refractivity contribution is 0.0695. The molecule has 1 N–H and O–H groups in total. The Morgan fingerprint density at radius 3 is 2.64 bits per heavy atom. The minimum absolute atomic E-state index is 0.197. The zero-order valence-electron chi connectivity index (χ0n) is 13.7. The van der Waals surface area contributed by atoms with Gasteiger partial charge in [0.25, 0.3) is 0 Å². The van der Waals surface area contributed by atoms with Gasteiger partial charge in [-0.3, -0.25) is 0 Å². The van der Waals surface area contributed by atoms with Crippen molar-refractivity contribution < 1.29 is 9.90 Å². The second-order valence-corrected chi connectivity index (χ2v) is 6.85. The third kappa shape index (κ3) is 2.85. The second kappa shape index (κ2) is 6.41. The molecular formula is C21H18ClNO2. The number of anilines is 1. The van der Waals surface area contributed by atoms with Crippen molar-refractivity contribution in [2.75, 3.05) is 18.0 Å². The lowest BCUT2D eigenvalue weighted by Crippen LogP contribution is -2.20. The number of carboxylic acids is 1. The molecule has 126 valence electrons. The van der Waals surface area contributed by atoms with Gasteiger partial charge in [0.1, 0.15) is 0 Å². The fraction of sp³-hybridized carbons (Fsp3) is 0.190. The van der Waals surface area contributed by atoms with E-state index in [1.54, 1.807) is 12.1 Å². The van der Waals surface area contributed by atoms with Crippen LogP contribution in [-0.2, 0) is 0 Å². The average Bonchev–Trinajstić information content (AvgIpc) is 3.11. The van der Waals surface area contributed by atoms with Gasteiger partial charge in [-0.25, -0.2) is 4.79 Å². The van der Waals surface area contributed by atoms with Crippen molar-refractivity contribution in [2.24, 2.45) is 0 Å². The number of rotatable bonds is 3. The van der Waals surface area contributed by atoms with Crippen LogP contribution in [0.2, 0.25) is 5.02 Å². The van der Waals surface area contributed by atoms with E-state index in [0.717, 1.165) is 46.6 Å². The predicted molar refractivity (Wildman–Crippen MR) is 102 cm³/mol. The van der Waals surface area contributed by atoms with Crippen molar-refractivity contribution in [2.45, 2.75) is 12.3 Å². The number of carbonyl (C=O) groups is 1. The molecule has 1 aliphatic heterocycles. The number of halogens is 1. The zero-order chi connectivity index (χ0) is 17.4. The molecule has 3 aromatic rings. The van der Waals surface area contributed by atoms with Gasteiger partial charge in [-0.05, 0) is 29.5 Å². The number of fused-ring (bicyclic) bond motifs is 1. The molecule has 0 aromatic heterocycles. The van der Waals surface area contributed by atoms with Crippen LogP contribution in [0.3, 0.4) is 0 Å².